The van der Waals surface area contributed by atoms with Gasteiger partial charge in [0, 0.05) is 5.54 Å². The number of aryl methyl sites for hydroxylation is 1. The Balaban J connectivity index is 0.00000400. The Hall–Kier alpha value is -3.89. The smallest absolute Gasteiger partial charge is 0.335 e. The molecule has 0 aliphatic rings. The number of nitriles is 1. The maximum atomic E-state index is 11.1. The zero-order valence-corrected chi connectivity index (χ0v) is 22.2. The van der Waals surface area contributed by atoms with Crippen LogP contribution in [-0.2, 0) is 6.42 Å². The number of aliphatic hydroxyl groups is 1. The highest BCUT2D eigenvalue weighted by atomic mass is 35.5. The number of nitrogens with zero attached hydrogens (tertiary/aromatic N) is 1. The van der Waals surface area contributed by atoms with Crippen LogP contribution in [0.15, 0.2) is 78.9 Å². The van der Waals surface area contributed by atoms with E-state index in [4.69, 9.17) is 15.6 Å². The molecule has 1 atom stereocenters. The fourth-order valence-corrected chi connectivity index (χ4v) is 4.35. The molecule has 38 heavy (non-hydrogen) atoms. The Morgan fingerprint density at radius 1 is 1.00 bits per heavy atom. The van der Waals surface area contributed by atoms with Gasteiger partial charge in [-0.25, -0.2) is 4.79 Å². The lowest BCUT2D eigenvalue weighted by atomic mass is 9.86. The van der Waals surface area contributed by atoms with Crippen molar-refractivity contribution in [2.24, 2.45) is 5.73 Å². The van der Waals surface area contributed by atoms with E-state index in [1.165, 1.54) is 12.1 Å². The van der Waals surface area contributed by atoms with Crippen LogP contribution in [-0.4, -0.2) is 28.3 Å². The van der Waals surface area contributed by atoms with Crippen molar-refractivity contribution in [2.45, 2.75) is 38.3 Å². The first-order valence-corrected chi connectivity index (χ1v) is 12.2. The molecule has 0 aromatic heterocycles. The number of fused-ring (bicyclic) bond motifs is 1. The number of aromatic carboxylic acids is 1. The van der Waals surface area contributed by atoms with Gasteiger partial charge in [0.25, 0.3) is 0 Å². The van der Waals surface area contributed by atoms with Crippen LogP contribution in [0.2, 0.25) is 0 Å². The van der Waals surface area contributed by atoms with Crippen molar-refractivity contribution < 1.29 is 19.7 Å². The summed E-state index contributed by atoms with van der Waals surface area (Å²) in [7, 11) is 0. The largest absolute Gasteiger partial charge is 0.492 e. The molecule has 4 rings (SSSR count). The highest BCUT2D eigenvalue weighted by molar-refractivity contribution is 5.88. The van der Waals surface area contributed by atoms with Gasteiger partial charge in [-0.1, -0.05) is 48.5 Å². The van der Waals surface area contributed by atoms with Gasteiger partial charge < -0.3 is 20.7 Å². The molecular weight excluding hydrogens is 500 g/mol. The van der Waals surface area contributed by atoms with Gasteiger partial charge in [-0.2, -0.15) is 5.26 Å². The third-order valence-corrected chi connectivity index (χ3v) is 6.42. The van der Waals surface area contributed by atoms with Crippen molar-refractivity contribution in [3.63, 3.8) is 0 Å². The quantitative estimate of drug-likeness (QED) is 0.219. The molecule has 0 heterocycles. The topological polar surface area (TPSA) is 117 Å². The van der Waals surface area contributed by atoms with E-state index in [0.29, 0.717) is 30.8 Å². The van der Waals surface area contributed by atoms with Gasteiger partial charge in [0.05, 0.1) is 23.8 Å². The van der Waals surface area contributed by atoms with Crippen LogP contribution < -0.4 is 10.5 Å². The van der Waals surface area contributed by atoms with E-state index in [1.54, 1.807) is 24.3 Å². The Bertz CT molecular complexity index is 1470. The molecule has 4 N–H and O–H groups in total. The third kappa shape index (κ3) is 6.51. The Labute approximate surface area is 228 Å². The van der Waals surface area contributed by atoms with Crippen molar-refractivity contribution >= 4 is 29.1 Å². The zero-order valence-electron chi connectivity index (χ0n) is 21.3. The van der Waals surface area contributed by atoms with Crippen LogP contribution in [0.25, 0.3) is 21.9 Å². The number of rotatable bonds is 9. The number of hydrogen-bond acceptors (Lipinski definition) is 5. The summed E-state index contributed by atoms with van der Waals surface area (Å²) in [4.78, 5) is 11.1. The molecule has 4 aromatic rings. The number of aliphatic hydroxyl groups excluding tert-OH is 1. The molecule has 196 valence electrons. The summed E-state index contributed by atoms with van der Waals surface area (Å²) < 4.78 is 5.96. The van der Waals surface area contributed by atoms with Crippen molar-refractivity contribution in [2.75, 3.05) is 6.61 Å². The molecule has 0 saturated heterocycles. The van der Waals surface area contributed by atoms with Crippen LogP contribution in [0, 0.1) is 11.3 Å². The van der Waals surface area contributed by atoms with E-state index in [9.17, 15) is 15.2 Å². The standard InChI is InChI=1S/C31H30N2O4.ClH/c1-31(2,33)29(34)27-18-23-7-4-3-6-22(23)16-25(27)8-5-15-37-28-14-13-24(17-26(28)19-32)20-9-11-21(12-10-20)30(35)36;/h3-4,6-7,9-14,16-18,29,34H,5,8,15,33H2,1-2H3,(H,35,36);1H/t29-;/m1./s1. The SMILES string of the molecule is CC(C)(N)[C@H](O)c1cc2ccccc2cc1CCCOc1ccc(-c2ccc(C(=O)O)cc2)cc1C#N.Cl. The Kier molecular flexibility index (Phi) is 9.13. The number of halogens is 1. The Morgan fingerprint density at radius 3 is 2.24 bits per heavy atom. The third-order valence-electron chi connectivity index (χ3n) is 6.42. The van der Waals surface area contributed by atoms with Gasteiger partial charge in [0.2, 0.25) is 0 Å². The van der Waals surface area contributed by atoms with E-state index < -0.39 is 17.6 Å². The highest BCUT2D eigenvalue weighted by Gasteiger charge is 2.26. The summed E-state index contributed by atoms with van der Waals surface area (Å²) in [5, 5.41) is 31.8. The molecule has 0 aliphatic heterocycles. The van der Waals surface area contributed by atoms with Crippen LogP contribution >= 0.6 is 12.4 Å². The maximum absolute atomic E-state index is 11.1. The first-order chi connectivity index (χ1) is 17.7. The summed E-state index contributed by atoms with van der Waals surface area (Å²) in [6.07, 6.45) is 0.561. The van der Waals surface area contributed by atoms with Crippen molar-refractivity contribution in [1.29, 1.82) is 5.26 Å². The predicted molar refractivity (Wildman–Crippen MR) is 152 cm³/mol. The number of hydrogen-bond donors (Lipinski definition) is 3. The summed E-state index contributed by atoms with van der Waals surface area (Å²) in [6, 6.07) is 26.2. The first-order valence-electron chi connectivity index (χ1n) is 12.2. The molecule has 0 unspecified atom stereocenters. The van der Waals surface area contributed by atoms with Crippen LogP contribution in [0.1, 0.15) is 53.4 Å². The molecule has 6 nitrogen and oxygen atoms in total. The van der Waals surface area contributed by atoms with Gasteiger partial charge in [-0.3, -0.25) is 0 Å². The van der Waals surface area contributed by atoms with Crippen LogP contribution in [0.3, 0.4) is 0 Å². The molecule has 0 spiro atoms. The normalized spacial score (nSPS) is 11.9. The lowest BCUT2D eigenvalue weighted by molar-refractivity contribution is 0.0697. The number of ether oxygens (including phenoxy) is 1. The second kappa shape index (κ2) is 12.1. The van der Waals surface area contributed by atoms with Gasteiger partial charge >= 0.3 is 5.97 Å². The van der Waals surface area contributed by atoms with E-state index >= 15 is 0 Å². The summed E-state index contributed by atoms with van der Waals surface area (Å²) in [6.45, 7) is 4.02. The van der Waals surface area contributed by atoms with Gasteiger partial charge in [0.1, 0.15) is 11.8 Å². The summed E-state index contributed by atoms with van der Waals surface area (Å²) in [5.41, 5.74) is 9.53. The average molecular weight is 531 g/mol. The Morgan fingerprint density at radius 2 is 1.63 bits per heavy atom. The predicted octanol–water partition coefficient (Wildman–Crippen LogP) is 6.28. The summed E-state index contributed by atoms with van der Waals surface area (Å²) in [5.74, 6) is -0.486. The zero-order chi connectivity index (χ0) is 26.6. The molecule has 0 bridgehead atoms. The van der Waals surface area contributed by atoms with E-state index in [0.717, 1.165) is 33.0 Å². The van der Waals surface area contributed by atoms with Crippen molar-refractivity contribution in [3.8, 4) is 22.9 Å². The fraction of sp³-hybridized carbons (Fsp3) is 0.226. The number of benzene rings is 4. The average Bonchev–Trinajstić information content (AvgIpc) is 2.89. The number of carboxylic acids is 1. The summed E-state index contributed by atoms with van der Waals surface area (Å²) >= 11 is 0. The minimum absolute atomic E-state index is 0. The molecule has 0 saturated carbocycles. The van der Waals surface area contributed by atoms with Crippen molar-refractivity contribution in [3.05, 3.63) is 101 Å². The molecule has 0 amide bonds. The fourth-order valence-electron chi connectivity index (χ4n) is 4.35. The number of carboxylic acid groups (broad SMARTS) is 1. The van der Waals surface area contributed by atoms with Gasteiger partial charge in [-0.15, -0.1) is 12.4 Å². The highest BCUT2D eigenvalue weighted by Crippen LogP contribution is 2.31. The molecule has 4 aromatic carbocycles. The molecule has 0 fully saturated rings. The minimum Gasteiger partial charge on any atom is -0.492 e. The lowest BCUT2D eigenvalue weighted by Crippen LogP contribution is -2.39. The minimum atomic E-state index is -0.981. The lowest BCUT2D eigenvalue weighted by Gasteiger charge is -2.28. The van der Waals surface area contributed by atoms with E-state index in [1.807, 2.05) is 44.2 Å². The monoisotopic (exact) mass is 530 g/mol. The maximum Gasteiger partial charge on any atom is 0.335 e. The first kappa shape index (κ1) is 28.7. The molecular formula is C31H31ClN2O4. The second-order valence-corrected chi connectivity index (χ2v) is 9.78. The molecule has 0 aliphatic carbocycles. The molecule has 7 heteroatoms. The second-order valence-electron chi connectivity index (χ2n) is 9.78. The molecule has 0 radical (unpaired) electrons. The number of nitrogens with two attached hydrogens (primary N) is 1. The van der Waals surface area contributed by atoms with E-state index in [-0.39, 0.29) is 18.0 Å². The van der Waals surface area contributed by atoms with E-state index in [2.05, 4.69) is 18.2 Å². The van der Waals surface area contributed by atoms with Crippen LogP contribution in [0.4, 0.5) is 0 Å². The van der Waals surface area contributed by atoms with Gasteiger partial charge in [0.15, 0.2) is 0 Å². The van der Waals surface area contributed by atoms with Gasteiger partial charge in [-0.05, 0) is 90.0 Å². The number of carbonyl (C=O) groups is 1. The van der Waals surface area contributed by atoms with Crippen molar-refractivity contribution in [1.82, 2.24) is 0 Å². The van der Waals surface area contributed by atoms with Crippen LogP contribution in [0.5, 0.6) is 5.75 Å².